The van der Waals surface area contributed by atoms with E-state index in [2.05, 4.69) is 5.32 Å². The van der Waals surface area contributed by atoms with Crippen molar-refractivity contribution < 1.29 is 14.0 Å². The van der Waals surface area contributed by atoms with Crippen LogP contribution in [-0.2, 0) is 9.59 Å². The van der Waals surface area contributed by atoms with Gasteiger partial charge in [0.1, 0.15) is 11.9 Å². The Morgan fingerprint density at radius 1 is 1.26 bits per heavy atom. The number of amides is 2. The molecular formula is C17H18FN3O2. The summed E-state index contributed by atoms with van der Waals surface area (Å²) in [6, 6.07) is 5.67. The predicted octanol–water partition coefficient (Wildman–Crippen LogP) is 2.28. The number of rotatable bonds is 3. The van der Waals surface area contributed by atoms with Gasteiger partial charge in [-0.1, -0.05) is 0 Å². The Kier molecular flexibility index (Phi) is 4.28. The van der Waals surface area contributed by atoms with E-state index in [0.717, 1.165) is 31.7 Å². The average Bonchev–Trinajstić information content (AvgIpc) is 3.41. The van der Waals surface area contributed by atoms with Crippen molar-refractivity contribution in [1.82, 2.24) is 4.90 Å². The standard InChI is InChI=1S/C17H18FN3O2/c18-15-6-5-14(8-13(15)9-19)20-16(22)12-2-1-7-21(10-12)17(23)11-3-4-11/h5-6,8,11-12H,1-4,7,10H2,(H,20,22). The highest BCUT2D eigenvalue weighted by atomic mass is 19.1. The van der Waals surface area contributed by atoms with Crippen LogP contribution in [0.25, 0.3) is 0 Å². The van der Waals surface area contributed by atoms with Gasteiger partial charge in [0.2, 0.25) is 11.8 Å². The minimum absolute atomic E-state index is 0.100. The van der Waals surface area contributed by atoms with Gasteiger partial charge in [0.25, 0.3) is 0 Å². The number of nitriles is 1. The third kappa shape index (κ3) is 3.50. The molecule has 2 amide bonds. The summed E-state index contributed by atoms with van der Waals surface area (Å²) in [5.41, 5.74) is 0.301. The molecule has 120 valence electrons. The number of likely N-dealkylation sites (tertiary alicyclic amines) is 1. The van der Waals surface area contributed by atoms with Gasteiger partial charge in [-0.2, -0.15) is 5.26 Å². The number of nitrogens with one attached hydrogen (secondary N) is 1. The monoisotopic (exact) mass is 315 g/mol. The summed E-state index contributed by atoms with van der Waals surface area (Å²) in [5.74, 6) is -0.733. The number of benzene rings is 1. The highest BCUT2D eigenvalue weighted by Crippen LogP contribution is 2.32. The first kappa shape index (κ1) is 15.5. The van der Waals surface area contributed by atoms with E-state index >= 15 is 0 Å². The summed E-state index contributed by atoms with van der Waals surface area (Å²) in [7, 11) is 0. The highest BCUT2D eigenvalue weighted by molar-refractivity contribution is 5.93. The van der Waals surface area contributed by atoms with E-state index in [1.807, 2.05) is 0 Å². The summed E-state index contributed by atoms with van der Waals surface area (Å²) >= 11 is 0. The van der Waals surface area contributed by atoms with Crippen molar-refractivity contribution in [1.29, 1.82) is 5.26 Å². The van der Waals surface area contributed by atoms with Gasteiger partial charge in [-0.15, -0.1) is 0 Å². The number of hydrogen-bond donors (Lipinski definition) is 1. The van der Waals surface area contributed by atoms with Crippen molar-refractivity contribution in [2.24, 2.45) is 11.8 Å². The largest absolute Gasteiger partial charge is 0.342 e. The number of nitrogens with zero attached hydrogens (tertiary/aromatic N) is 2. The number of halogens is 1. The summed E-state index contributed by atoms with van der Waals surface area (Å²) in [4.78, 5) is 26.3. The Balaban J connectivity index is 1.63. The first-order chi connectivity index (χ1) is 11.1. The second-order valence-electron chi connectivity index (χ2n) is 6.19. The van der Waals surface area contributed by atoms with Gasteiger partial charge in [-0.3, -0.25) is 9.59 Å². The Morgan fingerprint density at radius 3 is 2.74 bits per heavy atom. The second-order valence-corrected chi connectivity index (χ2v) is 6.19. The van der Waals surface area contributed by atoms with E-state index in [4.69, 9.17) is 5.26 Å². The predicted molar refractivity (Wildman–Crippen MR) is 81.8 cm³/mol. The van der Waals surface area contributed by atoms with E-state index < -0.39 is 5.82 Å². The van der Waals surface area contributed by atoms with Gasteiger partial charge in [0, 0.05) is 24.7 Å². The summed E-state index contributed by atoms with van der Waals surface area (Å²) in [5, 5.41) is 11.6. The quantitative estimate of drug-likeness (QED) is 0.930. The third-order valence-corrected chi connectivity index (χ3v) is 4.38. The lowest BCUT2D eigenvalue weighted by Gasteiger charge is -2.32. The zero-order chi connectivity index (χ0) is 16.4. The molecule has 5 nitrogen and oxygen atoms in total. The van der Waals surface area contributed by atoms with E-state index in [1.54, 1.807) is 11.0 Å². The summed E-state index contributed by atoms with van der Waals surface area (Å²) < 4.78 is 13.3. The number of carbonyl (C=O) groups excluding carboxylic acids is 2. The molecule has 1 aliphatic carbocycles. The molecular weight excluding hydrogens is 297 g/mol. The highest BCUT2D eigenvalue weighted by Gasteiger charge is 2.36. The Hall–Kier alpha value is -2.42. The minimum Gasteiger partial charge on any atom is -0.342 e. The number of carbonyl (C=O) groups is 2. The van der Waals surface area contributed by atoms with Gasteiger partial charge in [0.15, 0.2) is 0 Å². The van der Waals surface area contributed by atoms with Crippen LogP contribution < -0.4 is 5.32 Å². The molecule has 0 spiro atoms. The van der Waals surface area contributed by atoms with Crippen molar-refractivity contribution in [3.05, 3.63) is 29.6 Å². The first-order valence-corrected chi connectivity index (χ1v) is 7.88. The van der Waals surface area contributed by atoms with Crippen molar-refractivity contribution >= 4 is 17.5 Å². The van der Waals surface area contributed by atoms with Crippen molar-refractivity contribution in [3.63, 3.8) is 0 Å². The van der Waals surface area contributed by atoms with Crippen LogP contribution in [0.2, 0.25) is 0 Å². The number of anilines is 1. The molecule has 2 aliphatic rings. The van der Waals surface area contributed by atoms with E-state index in [1.165, 1.54) is 12.1 Å². The lowest BCUT2D eigenvalue weighted by Crippen LogP contribution is -2.44. The Morgan fingerprint density at radius 2 is 2.04 bits per heavy atom. The summed E-state index contributed by atoms with van der Waals surface area (Å²) in [6.07, 6.45) is 3.45. The number of piperidine rings is 1. The molecule has 6 heteroatoms. The van der Waals surface area contributed by atoms with Gasteiger partial charge in [0.05, 0.1) is 11.5 Å². The van der Waals surface area contributed by atoms with Crippen LogP contribution in [0.3, 0.4) is 0 Å². The Bertz CT molecular complexity index is 679. The second kappa shape index (κ2) is 6.37. The molecule has 1 aliphatic heterocycles. The van der Waals surface area contributed by atoms with Crippen LogP contribution >= 0.6 is 0 Å². The van der Waals surface area contributed by atoms with Crippen LogP contribution in [0.4, 0.5) is 10.1 Å². The zero-order valence-corrected chi connectivity index (χ0v) is 12.7. The summed E-state index contributed by atoms with van der Waals surface area (Å²) in [6.45, 7) is 1.15. The maximum Gasteiger partial charge on any atom is 0.229 e. The van der Waals surface area contributed by atoms with Crippen molar-refractivity contribution in [3.8, 4) is 6.07 Å². The molecule has 1 saturated heterocycles. The van der Waals surface area contributed by atoms with Gasteiger partial charge in [-0.25, -0.2) is 4.39 Å². The molecule has 0 aromatic heterocycles. The van der Waals surface area contributed by atoms with E-state index in [-0.39, 0.29) is 29.2 Å². The van der Waals surface area contributed by atoms with Crippen molar-refractivity contribution in [2.75, 3.05) is 18.4 Å². The van der Waals surface area contributed by atoms with Gasteiger partial charge < -0.3 is 10.2 Å². The van der Waals surface area contributed by atoms with Crippen LogP contribution in [0, 0.1) is 29.0 Å². The van der Waals surface area contributed by atoms with Gasteiger partial charge in [-0.05, 0) is 43.9 Å². The lowest BCUT2D eigenvalue weighted by molar-refractivity contribution is -0.135. The SMILES string of the molecule is N#Cc1cc(NC(=O)C2CCCN(C(=O)C3CC3)C2)ccc1F. The molecule has 23 heavy (non-hydrogen) atoms. The van der Waals surface area contributed by atoms with Crippen LogP contribution in [0.15, 0.2) is 18.2 Å². The fourth-order valence-electron chi connectivity index (χ4n) is 2.91. The molecule has 0 bridgehead atoms. The molecule has 1 aromatic carbocycles. The lowest BCUT2D eigenvalue weighted by atomic mass is 9.96. The third-order valence-electron chi connectivity index (χ3n) is 4.38. The van der Waals surface area contributed by atoms with Crippen molar-refractivity contribution in [2.45, 2.75) is 25.7 Å². The van der Waals surface area contributed by atoms with E-state index in [9.17, 15) is 14.0 Å². The fraction of sp³-hybridized carbons (Fsp3) is 0.471. The van der Waals surface area contributed by atoms with Crippen LogP contribution in [0.5, 0.6) is 0 Å². The number of hydrogen-bond acceptors (Lipinski definition) is 3. The molecule has 1 saturated carbocycles. The maximum absolute atomic E-state index is 13.3. The molecule has 2 fully saturated rings. The van der Waals surface area contributed by atoms with Crippen LogP contribution in [0.1, 0.15) is 31.2 Å². The molecule has 3 rings (SSSR count). The normalized spacial score (nSPS) is 20.7. The minimum atomic E-state index is -0.607. The topological polar surface area (TPSA) is 73.2 Å². The molecule has 1 N–H and O–H groups in total. The molecule has 1 atom stereocenters. The first-order valence-electron chi connectivity index (χ1n) is 7.88. The smallest absolute Gasteiger partial charge is 0.229 e. The fourth-order valence-corrected chi connectivity index (χ4v) is 2.91. The van der Waals surface area contributed by atoms with Gasteiger partial charge >= 0.3 is 0 Å². The maximum atomic E-state index is 13.3. The molecule has 0 radical (unpaired) electrons. The molecule has 1 unspecified atom stereocenters. The average molecular weight is 315 g/mol. The Labute approximate surface area is 134 Å². The van der Waals surface area contributed by atoms with Crippen LogP contribution in [-0.4, -0.2) is 29.8 Å². The zero-order valence-electron chi connectivity index (χ0n) is 12.7. The van der Waals surface area contributed by atoms with E-state index in [0.29, 0.717) is 18.8 Å². The molecule has 1 heterocycles. The molecule has 1 aromatic rings.